The Morgan fingerprint density at radius 1 is 1.09 bits per heavy atom. The van der Waals surface area contributed by atoms with Crippen molar-refractivity contribution in [1.82, 2.24) is 19.6 Å². The van der Waals surface area contributed by atoms with Crippen LogP contribution in [0, 0.1) is 0 Å². The second-order valence-electron chi connectivity index (χ2n) is 9.20. The highest BCUT2D eigenvalue weighted by Gasteiger charge is 2.36. The zero-order valence-corrected chi connectivity index (χ0v) is 19.1. The van der Waals surface area contributed by atoms with Crippen LogP contribution in [0.5, 0.6) is 5.75 Å². The summed E-state index contributed by atoms with van der Waals surface area (Å²) in [6.07, 6.45) is 2.16. The van der Waals surface area contributed by atoms with Gasteiger partial charge in [0.2, 0.25) is 11.8 Å². The fourth-order valence-corrected chi connectivity index (χ4v) is 5.04. The number of hydrogen-bond acceptors (Lipinski definition) is 6. The summed E-state index contributed by atoms with van der Waals surface area (Å²) in [5.74, 6) is 1.25. The molecule has 1 aromatic carbocycles. The summed E-state index contributed by atoms with van der Waals surface area (Å²) in [5, 5.41) is 10.6. The molecule has 4 rings (SSSR count). The van der Waals surface area contributed by atoms with E-state index in [2.05, 4.69) is 21.9 Å². The van der Waals surface area contributed by atoms with Gasteiger partial charge in [-0.1, -0.05) is 12.1 Å². The number of benzene rings is 1. The van der Waals surface area contributed by atoms with E-state index in [9.17, 15) is 14.7 Å². The van der Waals surface area contributed by atoms with Gasteiger partial charge in [0.25, 0.3) is 0 Å². The van der Waals surface area contributed by atoms with Crippen molar-refractivity contribution < 1.29 is 19.4 Å². The van der Waals surface area contributed by atoms with Crippen molar-refractivity contribution in [3.63, 3.8) is 0 Å². The average molecular weight is 445 g/mol. The first-order chi connectivity index (χ1) is 15.5. The number of aliphatic hydroxyl groups excluding tert-OH is 1. The summed E-state index contributed by atoms with van der Waals surface area (Å²) < 4.78 is 5.84. The Morgan fingerprint density at radius 3 is 2.50 bits per heavy atom. The molecule has 0 unspecified atom stereocenters. The second-order valence-corrected chi connectivity index (χ2v) is 9.20. The van der Waals surface area contributed by atoms with E-state index in [-0.39, 0.29) is 24.0 Å². The molecule has 0 aliphatic carbocycles. The highest BCUT2D eigenvalue weighted by atomic mass is 16.5. The molecule has 0 saturated carbocycles. The molecule has 3 aliphatic rings. The normalized spacial score (nSPS) is 25.0. The predicted molar refractivity (Wildman–Crippen MR) is 121 cm³/mol. The molecule has 1 N–H and O–H groups in total. The Morgan fingerprint density at radius 2 is 1.84 bits per heavy atom. The number of hydrogen-bond donors (Lipinski definition) is 1. The summed E-state index contributed by atoms with van der Waals surface area (Å²) in [5.41, 5.74) is 1.20. The number of rotatable bonds is 8. The quantitative estimate of drug-likeness (QED) is 0.598. The molecule has 1 aromatic rings. The van der Waals surface area contributed by atoms with E-state index in [4.69, 9.17) is 4.74 Å². The predicted octanol–water partition coefficient (Wildman–Crippen LogP) is 0.787. The standard InChI is InChI=1S/C24H36N4O4/c1-19(29)26-11-13-27(14-12-26)22-17-25(18-23(22)30)16-20-5-7-21(8-6-20)32-15-3-10-28-9-2-4-24(28)31/h5-8,22-23,30H,2-4,9-18H2,1H3/t22-,23-/m0/s1. The fourth-order valence-electron chi connectivity index (χ4n) is 5.04. The molecule has 0 aromatic heterocycles. The Balaban J connectivity index is 1.18. The van der Waals surface area contributed by atoms with Crippen LogP contribution in [0.4, 0.5) is 0 Å². The summed E-state index contributed by atoms with van der Waals surface area (Å²) >= 11 is 0. The lowest BCUT2D eigenvalue weighted by Crippen LogP contribution is -2.54. The topological polar surface area (TPSA) is 76.6 Å². The minimum absolute atomic E-state index is 0.132. The minimum atomic E-state index is -0.357. The summed E-state index contributed by atoms with van der Waals surface area (Å²) in [6.45, 7) is 9.35. The van der Waals surface area contributed by atoms with Crippen molar-refractivity contribution in [2.24, 2.45) is 0 Å². The first-order valence-electron chi connectivity index (χ1n) is 11.9. The van der Waals surface area contributed by atoms with E-state index in [0.717, 1.165) is 70.9 Å². The molecule has 2 amide bonds. The molecule has 3 heterocycles. The van der Waals surface area contributed by atoms with Gasteiger partial charge < -0.3 is 19.6 Å². The van der Waals surface area contributed by atoms with E-state index >= 15 is 0 Å². The third-order valence-corrected chi connectivity index (χ3v) is 6.91. The van der Waals surface area contributed by atoms with Crippen molar-refractivity contribution in [3.8, 4) is 5.75 Å². The van der Waals surface area contributed by atoms with Crippen LogP contribution in [0.25, 0.3) is 0 Å². The first-order valence-corrected chi connectivity index (χ1v) is 11.9. The van der Waals surface area contributed by atoms with Crippen molar-refractivity contribution in [3.05, 3.63) is 29.8 Å². The molecule has 3 aliphatic heterocycles. The molecular formula is C24H36N4O4. The first kappa shape index (κ1) is 23.0. The van der Waals surface area contributed by atoms with Crippen LogP contribution in [-0.2, 0) is 16.1 Å². The lowest BCUT2D eigenvalue weighted by atomic mass is 10.1. The molecule has 8 heteroatoms. The van der Waals surface area contributed by atoms with E-state index in [1.807, 2.05) is 21.9 Å². The fraction of sp³-hybridized carbons (Fsp3) is 0.667. The van der Waals surface area contributed by atoms with Crippen LogP contribution in [0.15, 0.2) is 24.3 Å². The van der Waals surface area contributed by atoms with Crippen molar-refractivity contribution >= 4 is 11.8 Å². The highest BCUT2D eigenvalue weighted by molar-refractivity contribution is 5.78. The van der Waals surface area contributed by atoms with Gasteiger partial charge in [0, 0.05) is 78.3 Å². The molecule has 8 nitrogen and oxygen atoms in total. The van der Waals surface area contributed by atoms with Gasteiger partial charge in [-0.05, 0) is 30.5 Å². The third kappa shape index (κ3) is 5.79. The Labute approximate surface area is 190 Å². The van der Waals surface area contributed by atoms with Crippen molar-refractivity contribution in [2.45, 2.75) is 44.9 Å². The molecule has 3 saturated heterocycles. The second kappa shape index (κ2) is 10.6. The number of aliphatic hydroxyl groups is 1. The molecule has 176 valence electrons. The molecule has 0 radical (unpaired) electrons. The van der Waals surface area contributed by atoms with Crippen LogP contribution in [0.3, 0.4) is 0 Å². The van der Waals surface area contributed by atoms with E-state index < -0.39 is 0 Å². The molecule has 0 spiro atoms. The molecule has 0 bridgehead atoms. The third-order valence-electron chi connectivity index (χ3n) is 6.91. The maximum absolute atomic E-state index is 11.6. The number of likely N-dealkylation sites (tertiary alicyclic amines) is 2. The van der Waals surface area contributed by atoms with Gasteiger partial charge >= 0.3 is 0 Å². The van der Waals surface area contributed by atoms with Gasteiger partial charge in [0.05, 0.1) is 12.7 Å². The van der Waals surface area contributed by atoms with Gasteiger partial charge in [0.1, 0.15) is 5.75 Å². The summed E-state index contributed by atoms with van der Waals surface area (Å²) in [7, 11) is 0. The lowest BCUT2D eigenvalue weighted by Gasteiger charge is -2.38. The van der Waals surface area contributed by atoms with Crippen molar-refractivity contribution in [2.75, 3.05) is 59.0 Å². The number of nitrogens with zero attached hydrogens (tertiary/aromatic N) is 4. The lowest BCUT2D eigenvalue weighted by molar-refractivity contribution is -0.131. The van der Waals surface area contributed by atoms with Crippen LogP contribution in [0.2, 0.25) is 0 Å². The SMILES string of the molecule is CC(=O)N1CCN([C@H]2CN(Cc3ccc(OCCCN4CCCC4=O)cc3)C[C@@H]2O)CC1. The molecule has 2 atom stereocenters. The van der Waals surface area contributed by atoms with Gasteiger partial charge in [0.15, 0.2) is 0 Å². The Hall–Kier alpha value is -2.16. The van der Waals surface area contributed by atoms with Crippen LogP contribution in [-0.4, -0.2) is 108 Å². The number of carbonyl (C=O) groups excluding carboxylic acids is 2. The number of piperazine rings is 1. The van der Waals surface area contributed by atoms with Gasteiger partial charge in [-0.15, -0.1) is 0 Å². The van der Waals surface area contributed by atoms with Crippen molar-refractivity contribution in [1.29, 1.82) is 0 Å². The Kier molecular flexibility index (Phi) is 7.65. The smallest absolute Gasteiger partial charge is 0.222 e. The van der Waals surface area contributed by atoms with Crippen LogP contribution >= 0.6 is 0 Å². The van der Waals surface area contributed by atoms with Gasteiger partial charge in [-0.2, -0.15) is 0 Å². The van der Waals surface area contributed by atoms with E-state index in [1.54, 1.807) is 6.92 Å². The van der Waals surface area contributed by atoms with Crippen LogP contribution < -0.4 is 4.74 Å². The van der Waals surface area contributed by atoms with E-state index in [1.165, 1.54) is 5.56 Å². The minimum Gasteiger partial charge on any atom is -0.494 e. The number of β-amino-alcohol motifs (C(OH)–C–C–N with tert-alkyl or cyclic N) is 1. The zero-order chi connectivity index (χ0) is 22.5. The number of carbonyl (C=O) groups is 2. The number of ether oxygens (including phenoxy) is 1. The largest absolute Gasteiger partial charge is 0.494 e. The number of amides is 2. The zero-order valence-electron chi connectivity index (χ0n) is 19.1. The van der Waals surface area contributed by atoms with E-state index in [0.29, 0.717) is 19.6 Å². The van der Waals surface area contributed by atoms with Gasteiger partial charge in [-0.3, -0.25) is 19.4 Å². The molecular weight excluding hydrogens is 408 g/mol. The monoisotopic (exact) mass is 444 g/mol. The summed E-state index contributed by atoms with van der Waals surface area (Å²) in [4.78, 5) is 31.6. The molecule has 3 fully saturated rings. The maximum Gasteiger partial charge on any atom is 0.222 e. The highest BCUT2D eigenvalue weighted by Crippen LogP contribution is 2.21. The molecule has 32 heavy (non-hydrogen) atoms. The van der Waals surface area contributed by atoms with Crippen LogP contribution in [0.1, 0.15) is 31.7 Å². The average Bonchev–Trinajstić information content (AvgIpc) is 3.37. The Bertz CT molecular complexity index is 779. The van der Waals surface area contributed by atoms with Gasteiger partial charge in [-0.25, -0.2) is 0 Å². The summed E-state index contributed by atoms with van der Waals surface area (Å²) in [6, 6.07) is 8.31. The maximum atomic E-state index is 11.6.